The number of nitrogens with zero attached hydrogens (tertiary/aromatic N) is 1. The van der Waals surface area contributed by atoms with Crippen molar-refractivity contribution in [1.82, 2.24) is 5.32 Å². The molecule has 0 bridgehead atoms. The summed E-state index contributed by atoms with van der Waals surface area (Å²) in [6.07, 6.45) is 0. The van der Waals surface area contributed by atoms with Gasteiger partial charge in [0.15, 0.2) is 11.5 Å². The highest BCUT2D eigenvalue weighted by Gasteiger charge is 2.61. The number of ether oxygens (including phenoxy) is 2. The van der Waals surface area contributed by atoms with Crippen LogP contribution in [0.5, 0.6) is 11.5 Å². The van der Waals surface area contributed by atoms with E-state index in [4.69, 9.17) is 9.47 Å². The topological polar surface area (TPSA) is 105 Å². The van der Waals surface area contributed by atoms with Crippen molar-refractivity contribution in [2.24, 2.45) is 11.8 Å². The van der Waals surface area contributed by atoms with Gasteiger partial charge >= 0.3 is 5.97 Å². The maximum Gasteiger partial charge on any atom is 0.321 e. The van der Waals surface area contributed by atoms with Crippen LogP contribution in [0.15, 0.2) is 48.5 Å². The zero-order valence-electron chi connectivity index (χ0n) is 15.9. The molecule has 2 saturated heterocycles. The first kappa shape index (κ1) is 18.9. The van der Waals surface area contributed by atoms with Crippen LogP contribution < -0.4 is 19.7 Å². The summed E-state index contributed by atoms with van der Waals surface area (Å²) >= 11 is 0. The van der Waals surface area contributed by atoms with E-state index in [0.29, 0.717) is 22.7 Å². The van der Waals surface area contributed by atoms with Gasteiger partial charge in [-0.1, -0.05) is 30.3 Å². The average Bonchev–Trinajstić information content (AvgIpc) is 3.25. The minimum Gasteiger partial charge on any atom is -0.493 e. The number of fused-ring (bicyclic) bond motifs is 1. The lowest BCUT2D eigenvalue weighted by Crippen LogP contribution is -2.43. The van der Waals surface area contributed by atoms with Gasteiger partial charge in [0, 0.05) is 11.6 Å². The SMILES string of the molecule is COc1cccc([C@@H]2N[C@H](C(=O)O)[C@@H]3C(=O)N(c4ccccc4)C(=O)[C@H]32)c1OC. The Labute approximate surface area is 167 Å². The van der Waals surface area contributed by atoms with Gasteiger partial charge in [-0.25, -0.2) is 4.90 Å². The Balaban J connectivity index is 1.82. The number of carbonyl (C=O) groups is 3. The highest BCUT2D eigenvalue weighted by molar-refractivity contribution is 6.23. The first-order valence-corrected chi connectivity index (χ1v) is 9.12. The Morgan fingerprint density at radius 1 is 0.966 bits per heavy atom. The van der Waals surface area contributed by atoms with E-state index in [0.717, 1.165) is 4.90 Å². The lowest BCUT2D eigenvalue weighted by atomic mass is 9.86. The highest BCUT2D eigenvalue weighted by atomic mass is 16.5. The summed E-state index contributed by atoms with van der Waals surface area (Å²) in [4.78, 5) is 39.4. The third-order valence-electron chi connectivity index (χ3n) is 5.52. The van der Waals surface area contributed by atoms with Gasteiger partial charge in [0.25, 0.3) is 0 Å². The van der Waals surface area contributed by atoms with Crippen molar-refractivity contribution in [3.63, 3.8) is 0 Å². The molecular formula is C21H20N2O6. The fraction of sp³-hybridized carbons (Fsp3) is 0.286. The summed E-state index contributed by atoms with van der Waals surface area (Å²) in [7, 11) is 2.97. The molecule has 150 valence electrons. The number of rotatable bonds is 5. The number of carboxylic acid groups (broad SMARTS) is 1. The number of carbonyl (C=O) groups excluding carboxylic acids is 2. The third kappa shape index (κ3) is 2.84. The van der Waals surface area contributed by atoms with E-state index >= 15 is 0 Å². The van der Waals surface area contributed by atoms with Gasteiger partial charge in [0.05, 0.1) is 31.7 Å². The molecule has 2 heterocycles. The molecular weight excluding hydrogens is 376 g/mol. The van der Waals surface area contributed by atoms with E-state index in [-0.39, 0.29) is 0 Å². The van der Waals surface area contributed by atoms with Crippen molar-refractivity contribution < 1.29 is 29.0 Å². The summed E-state index contributed by atoms with van der Waals surface area (Å²) in [6, 6.07) is 11.8. The Hall–Kier alpha value is -3.39. The molecule has 0 radical (unpaired) electrons. The number of imide groups is 1. The summed E-state index contributed by atoms with van der Waals surface area (Å²) in [5.74, 6) is -3.16. The van der Waals surface area contributed by atoms with Gasteiger partial charge in [0.1, 0.15) is 6.04 Å². The minimum atomic E-state index is -1.19. The van der Waals surface area contributed by atoms with Crippen LogP contribution in [0.25, 0.3) is 0 Å². The third-order valence-corrected chi connectivity index (χ3v) is 5.52. The maximum atomic E-state index is 13.3. The fourth-order valence-electron chi connectivity index (χ4n) is 4.31. The number of anilines is 1. The van der Waals surface area contributed by atoms with Crippen molar-refractivity contribution in [3.8, 4) is 11.5 Å². The van der Waals surface area contributed by atoms with E-state index in [1.54, 1.807) is 48.5 Å². The first-order valence-electron chi connectivity index (χ1n) is 9.12. The fourth-order valence-corrected chi connectivity index (χ4v) is 4.31. The van der Waals surface area contributed by atoms with Crippen LogP contribution in [0, 0.1) is 11.8 Å². The molecule has 2 aromatic carbocycles. The number of nitrogens with one attached hydrogen (secondary N) is 1. The number of methoxy groups -OCH3 is 2. The number of hydrogen-bond acceptors (Lipinski definition) is 6. The molecule has 0 aromatic heterocycles. The van der Waals surface area contributed by atoms with Crippen molar-refractivity contribution >= 4 is 23.5 Å². The van der Waals surface area contributed by atoms with Crippen molar-refractivity contribution in [2.75, 3.05) is 19.1 Å². The van der Waals surface area contributed by atoms with E-state index < -0.39 is 41.7 Å². The molecule has 2 amide bonds. The average molecular weight is 396 g/mol. The summed E-state index contributed by atoms with van der Waals surface area (Å²) in [6.45, 7) is 0. The van der Waals surface area contributed by atoms with Gasteiger partial charge in [-0.2, -0.15) is 0 Å². The summed E-state index contributed by atoms with van der Waals surface area (Å²) in [5.41, 5.74) is 0.999. The van der Waals surface area contributed by atoms with Crippen LogP contribution >= 0.6 is 0 Å². The zero-order chi connectivity index (χ0) is 20.7. The second kappa shape index (κ2) is 7.21. The smallest absolute Gasteiger partial charge is 0.321 e. The molecule has 0 spiro atoms. The van der Waals surface area contributed by atoms with Gasteiger partial charge in [-0.15, -0.1) is 0 Å². The van der Waals surface area contributed by atoms with Crippen LogP contribution in [-0.4, -0.2) is 43.2 Å². The monoisotopic (exact) mass is 396 g/mol. The molecule has 29 heavy (non-hydrogen) atoms. The van der Waals surface area contributed by atoms with Gasteiger partial charge < -0.3 is 14.6 Å². The van der Waals surface area contributed by atoms with Crippen LogP contribution in [-0.2, 0) is 14.4 Å². The Morgan fingerprint density at radius 2 is 1.66 bits per heavy atom. The molecule has 2 fully saturated rings. The number of carboxylic acids is 1. The number of amides is 2. The van der Waals surface area contributed by atoms with Crippen molar-refractivity contribution in [3.05, 3.63) is 54.1 Å². The van der Waals surface area contributed by atoms with Crippen LogP contribution in [0.1, 0.15) is 11.6 Å². The first-order chi connectivity index (χ1) is 14.0. The predicted octanol–water partition coefficient (Wildman–Crippen LogP) is 1.61. The molecule has 0 unspecified atom stereocenters. The summed E-state index contributed by atoms with van der Waals surface area (Å²) in [5, 5.41) is 12.7. The largest absolute Gasteiger partial charge is 0.493 e. The molecule has 0 aliphatic carbocycles. The number of para-hydroxylation sites is 2. The molecule has 8 nitrogen and oxygen atoms in total. The highest BCUT2D eigenvalue weighted by Crippen LogP contribution is 2.48. The number of benzene rings is 2. The normalized spacial score (nSPS) is 25.8. The van der Waals surface area contributed by atoms with E-state index in [2.05, 4.69) is 5.32 Å². The van der Waals surface area contributed by atoms with Gasteiger partial charge in [-0.3, -0.25) is 19.7 Å². The molecule has 2 N–H and O–H groups in total. The van der Waals surface area contributed by atoms with Crippen LogP contribution in [0.4, 0.5) is 5.69 Å². The zero-order valence-corrected chi connectivity index (χ0v) is 15.9. The number of aliphatic carboxylic acids is 1. The van der Waals surface area contributed by atoms with Gasteiger partial charge in [0.2, 0.25) is 11.8 Å². The molecule has 2 aromatic rings. The minimum absolute atomic E-state index is 0.399. The molecule has 8 heteroatoms. The Bertz CT molecular complexity index is 976. The lowest BCUT2D eigenvalue weighted by Gasteiger charge is -2.23. The second-order valence-electron chi connectivity index (χ2n) is 6.94. The molecule has 0 saturated carbocycles. The van der Waals surface area contributed by atoms with E-state index in [9.17, 15) is 19.5 Å². The van der Waals surface area contributed by atoms with E-state index in [1.165, 1.54) is 14.2 Å². The summed E-state index contributed by atoms with van der Waals surface area (Å²) < 4.78 is 10.8. The lowest BCUT2D eigenvalue weighted by molar-refractivity contribution is -0.142. The van der Waals surface area contributed by atoms with Crippen LogP contribution in [0.3, 0.4) is 0 Å². The van der Waals surface area contributed by atoms with Gasteiger partial charge in [-0.05, 0) is 18.2 Å². The Morgan fingerprint density at radius 3 is 2.28 bits per heavy atom. The number of hydrogen-bond donors (Lipinski definition) is 2. The quantitative estimate of drug-likeness (QED) is 0.740. The second-order valence-corrected chi connectivity index (χ2v) is 6.94. The predicted molar refractivity (Wildman–Crippen MR) is 103 cm³/mol. The van der Waals surface area contributed by atoms with Crippen molar-refractivity contribution in [1.29, 1.82) is 0 Å². The Kier molecular flexibility index (Phi) is 4.71. The molecule has 2 aliphatic rings. The molecule has 4 atom stereocenters. The maximum absolute atomic E-state index is 13.3. The molecule has 4 rings (SSSR count). The van der Waals surface area contributed by atoms with E-state index in [1.807, 2.05) is 0 Å². The molecule has 2 aliphatic heterocycles. The van der Waals surface area contributed by atoms with Crippen LogP contribution in [0.2, 0.25) is 0 Å². The van der Waals surface area contributed by atoms with Crippen molar-refractivity contribution in [2.45, 2.75) is 12.1 Å². The standard InChI is InChI=1S/C21H20N2O6/c1-28-13-10-6-9-12(18(13)29-2)16-14-15(17(22-16)21(26)27)20(25)23(19(14)24)11-7-4-3-5-8-11/h3-10,14-17,22H,1-2H3,(H,26,27)/t14-,15-,16+,17+/m1/s1.